The van der Waals surface area contributed by atoms with E-state index in [1.54, 1.807) is 11.3 Å². The maximum atomic E-state index is 13.5. The van der Waals surface area contributed by atoms with Crippen molar-refractivity contribution in [3.8, 4) is 0 Å². The highest BCUT2D eigenvalue weighted by Gasteiger charge is 2.23. The van der Waals surface area contributed by atoms with Crippen molar-refractivity contribution in [1.29, 1.82) is 0 Å². The Hall–Kier alpha value is -1.95. The van der Waals surface area contributed by atoms with E-state index in [4.69, 9.17) is 4.98 Å². The molecule has 0 atom stereocenters. The summed E-state index contributed by atoms with van der Waals surface area (Å²) in [6.07, 6.45) is 0. The second kappa shape index (κ2) is 10.2. The van der Waals surface area contributed by atoms with Crippen molar-refractivity contribution in [2.45, 2.75) is 34.6 Å². The van der Waals surface area contributed by atoms with E-state index in [0.717, 1.165) is 51.7 Å². The number of thiazole rings is 1. The number of aromatic nitrogens is 1. The number of hydrogen-bond donors (Lipinski definition) is 0. The number of para-hydroxylation sites is 1. The minimum atomic E-state index is 0. The van der Waals surface area contributed by atoms with Crippen molar-refractivity contribution in [1.82, 2.24) is 9.88 Å². The zero-order chi connectivity index (χ0) is 20.3. The van der Waals surface area contributed by atoms with Crippen LogP contribution >= 0.6 is 23.7 Å². The molecule has 0 N–H and O–H groups in total. The Balaban J connectivity index is 0.00000300. The summed E-state index contributed by atoms with van der Waals surface area (Å²) in [5.41, 5.74) is 5.06. The van der Waals surface area contributed by atoms with E-state index in [-0.39, 0.29) is 18.3 Å². The van der Waals surface area contributed by atoms with Crippen LogP contribution in [-0.4, -0.2) is 42.0 Å². The van der Waals surface area contributed by atoms with Crippen LogP contribution in [0.4, 0.5) is 5.13 Å². The van der Waals surface area contributed by atoms with E-state index >= 15 is 0 Å². The molecule has 0 spiro atoms. The van der Waals surface area contributed by atoms with Crippen molar-refractivity contribution in [3.63, 3.8) is 0 Å². The van der Waals surface area contributed by atoms with Crippen LogP contribution in [0, 0.1) is 20.8 Å². The highest BCUT2D eigenvalue weighted by molar-refractivity contribution is 7.22. The van der Waals surface area contributed by atoms with Crippen LogP contribution in [0.5, 0.6) is 0 Å². The lowest BCUT2D eigenvalue weighted by atomic mass is 10.0. The van der Waals surface area contributed by atoms with Gasteiger partial charge >= 0.3 is 0 Å². The first-order valence-corrected chi connectivity index (χ1v) is 10.7. The molecule has 6 heteroatoms. The van der Waals surface area contributed by atoms with Gasteiger partial charge in [-0.2, -0.15) is 0 Å². The zero-order valence-electron chi connectivity index (χ0n) is 17.9. The van der Waals surface area contributed by atoms with E-state index in [0.29, 0.717) is 6.54 Å². The topological polar surface area (TPSA) is 36.4 Å². The number of fused-ring (bicyclic) bond motifs is 1. The third kappa shape index (κ3) is 5.16. The average molecular weight is 432 g/mol. The molecule has 0 radical (unpaired) electrons. The molecule has 1 amide bonds. The average Bonchev–Trinajstić information content (AvgIpc) is 3.10. The Morgan fingerprint density at radius 1 is 1.00 bits per heavy atom. The predicted molar refractivity (Wildman–Crippen MR) is 127 cm³/mol. The van der Waals surface area contributed by atoms with Gasteiger partial charge < -0.3 is 4.90 Å². The van der Waals surface area contributed by atoms with E-state index in [1.807, 2.05) is 30.0 Å². The molecule has 0 fully saturated rings. The van der Waals surface area contributed by atoms with Crippen molar-refractivity contribution in [2.75, 3.05) is 31.1 Å². The minimum absolute atomic E-state index is 0. The standard InChI is InChI=1S/C23H29N3OS.ClH/c1-6-25(7-2)13-14-26(22(27)19-12-11-16(3)15-18(19)5)23-24-21-17(4)9-8-10-20(21)28-23;/h8-12,15H,6-7,13-14H2,1-5H3;1H. The van der Waals surface area contributed by atoms with Gasteiger partial charge in [-0.05, 0) is 57.1 Å². The molecule has 0 saturated carbocycles. The highest BCUT2D eigenvalue weighted by atomic mass is 35.5. The van der Waals surface area contributed by atoms with E-state index in [1.165, 1.54) is 5.56 Å². The SMILES string of the molecule is CCN(CC)CCN(C(=O)c1ccc(C)cc1C)c1nc2c(C)cccc2s1.Cl. The summed E-state index contributed by atoms with van der Waals surface area (Å²) < 4.78 is 1.12. The lowest BCUT2D eigenvalue weighted by Gasteiger charge is -2.25. The molecule has 4 nitrogen and oxygen atoms in total. The Bertz CT molecular complexity index is 981. The third-order valence-electron chi connectivity index (χ3n) is 5.23. The molecule has 0 bridgehead atoms. The number of amides is 1. The first-order valence-electron chi connectivity index (χ1n) is 9.92. The Labute approximate surface area is 184 Å². The minimum Gasteiger partial charge on any atom is -0.302 e. The molecule has 1 aromatic heterocycles. The molecule has 0 aliphatic rings. The van der Waals surface area contributed by atoms with Gasteiger partial charge in [0.1, 0.15) is 0 Å². The van der Waals surface area contributed by atoms with E-state index < -0.39 is 0 Å². The lowest BCUT2D eigenvalue weighted by Crippen LogP contribution is -2.39. The first kappa shape index (κ1) is 23.3. The number of rotatable bonds is 7. The van der Waals surface area contributed by atoms with Crippen LogP contribution < -0.4 is 4.90 Å². The second-order valence-electron chi connectivity index (χ2n) is 7.22. The fraction of sp³-hybridized carbons (Fsp3) is 0.391. The molecule has 156 valence electrons. The van der Waals surface area contributed by atoms with Crippen molar-refractivity contribution in [2.24, 2.45) is 0 Å². The van der Waals surface area contributed by atoms with Crippen molar-refractivity contribution < 1.29 is 4.79 Å². The second-order valence-corrected chi connectivity index (χ2v) is 8.23. The van der Waals surface area contributed by atoms with Crippen molar-refractivity contribution in [3.05, 3.63) is 58.7 Å². The molecular weight excluding hydrogens is 402 g/mol. The number of carbonyl (C=O) groups is 1. The van der Waals surface area contributed by atoms with Gasteiger partial charge in [0, 0.05) is 18.7 Å². The van der Waals surface area contributed by atoms with Gasteiger partial charge in [0.05, 0.1) is 10.2 Å². The predicted octanol–water partition coefficient (Wildman–Crippen LogP) is 5.63. The Morgan fingerprint density at radius 2 is 1.72 bits per heavy atom. The summed E-state index contributed by atoms with van der Waals surface area (Å²) >= 11 is 1.59. The summed E-state index contributed by atoms with van der Waals surface area (Å²) in [5, 5.41) is 0.779. The number of halogens is 1. The lowest BCUT2D eigenvalue weighted by molar-refractivity contribution is 0.0983. The summed E-state index contributed by atoms with van der Waals surface area (Å²) in [5.74, 6) is 0.0290. The van der Waals surface area contributed by atoms with Gasteiger partial charge in [-0.25, -0.2) is 4.98 Å². The number of likely N-dealkylation sites (N-methyl/N-ethyl adjacent to an activating group) is 1. The van der Waals surface area contributed by atoms with Gasteiger partial charge in [-0.1, -0.05) is 55.0 Å². The summed E-state index contributed by atoms with van der Waals surface area (Å²) in [6, 6.07) is 12.2. The molecule has 2 aromatic carbocycles. The smallest absolute Gasteiger partial charge is 0.260 e. The molecule has 29 heavy (non-hydrogen) atoms. The molecule has 3 rings (SSSR count). The van der Waals surface area contributed by atoms with Gasteiger partial charge in [0.2, 0.25) is 0 Å². The van der Waals surface area contributed by atoms with Crippen LogP contribution in [-0.2, 0) is 0 Å². The largest absolute Gasteiger partial charge is 0.302 e. The zero-order valence-corrected chi connectivity index (χ0v) is 19.5. The normalized spacial score (nSPS) is 11.0. The van der Waals surface area contributed by atoms with Gasteiger partial charge in [0.15, 0.2) is 5.13 Å². The number of carbonyl (C=O) groups excluding carboxylic acids is 1. The fourth-order valence-electron chi connectivity index (χ4n) is 3.45. The monoisotopic (exact) mass is 431 g/mol. The maximum Gasteiger partial charge on any atom is 0.260 e. The number of nitrogens with zero attached hydrogens (tertiary/aromatic N) is 3. The Morgan fingerprint density at radius 3 is 2.34 bits per heavy atom. The van der Waals surface area contributed by atoms with Crippen LogP contribution in [0.3, 0.4) is 0 Å². The van der Waals surface area contributed by atoms with Crippen LogP contribution in [0.2, 0.25) is 0 Å². The number of anilines is 1. The quantitative estimate of drug-likeness (QED) is 0.486. The van der Waals surface area contributed by atoms with Gasteiger partial charge in [-0.3, -0.25) is 9.69 Å². The Kier molecular flexibility index (Phi) is 8.20. The molecule has 0 saturated heterocycles. The van der Waals surface area contributed by atoms with Gasteiger partial charge in [0.25, 0.3) is 5.91 Å². The number of benzene rings is 2. The molecule has 1 heterocycles. The summed E-state index contributed by atoms with van der Waals surface area (Å²) in [4.78, 5) is 22.5. The van der Waals surface area contributed by atoms with E-state index in [9.17, 15) is 4.79 Å². The molecule has 3 aromatic rings. The van der Waals surface area contributed by atoms with Gasteiger partial charge in [-0.15, -0.1) is 12.4 Å². The number of hydrogen-bond acceptors (Lipinski definition) is 4. The fourth-order valence-corrected chi connectivity index (χ4v) is 4.52. The maximum absolute atomic E-state index is 13.5. The van der Waals surface area contributed by atoms with Crippen molar-refractivity contribution >= 4 is 45.0 Å². The van der Waals surface area contributed by atoms with E-state index in [2.05, 4.69) is 50.8 Å². The van der Waals surface area contributed by atoms with Crippen LogP contribution in [0.25, 0.3) is 10.2 Å². The third-order valence-corrected chi connectivity index (χ3v) is 6.28. The molecular formula is C23H30ClN3OS. The summed E-state index contributed by atoms with van der Waals surface area (Å²) in [6.45, 7) is 13.8. The highest BCUT2D eigenvalue weighted by Crippen LogP contribution is 2.31. The van der Waals surface area contributed by atoms with Crippen LogP contribution in [0.1, 0.15) is 40.9 Å². The molecule has 0 unspecified atom stereocenters. The van der Waals surface area contributed by atoms with Crippen LogP contribution in [0.15, 0.2) is 36.4 Å². The molecule has 0 aliphatic carbocycles. The number of aryl methyl sites for hydroxylation is 3. The first-order chi connectivity index (χ1) is 13.4. The molecule has 0 aliphatic heterocycles. The summed E-state index contributed by atoms with van der Waals surface area (Å²) in [7, 11) is 0.